The molecule has 8 heteroatoms. The van der Waals surface area contributed by atoms with E-state index in [0.29, 0.717) is 36.1 Å². The number of fused-ring (bicyclic) bond motifs is 1. The van der Waals surface area contributed by atoms with Crippen molar-refractivity contribution < 1.29 is 13.9 Å². The number of amides is 1. The van der Waals surface area contributed by atoms with Crippen LogP contribution in [0.25, 0.3) is 0 Å². The van der Waals surface area contributed by atoms with Crippen molar-refractivity contribution in [2.75, 3.05) is 6.61 Å². The third kappa shape index (κ3) is 4.46. The first kappa shape index (κ1) is 18.5. The smallest absolute Gasteiger partial charge is 0.220 e. The quantitative estimate of drug-likeness (QED) is 0.498. The van der Waals surface area contributed by atoms with E-state index >= 15 is 0 Å². The largest absolute Gasteiger partial charge is 0.471 e. The van der Waals surface area contributed by atoms with E-state index in [4.69, 9.17) is 10.6 Å². The Kier molecular flexibility index (Phi) is 5.44. The van der Waals surface area contributed by atoms with Crippen LogP contribution in [0.15, 0.2) is 46.6 Å². The van der Waals surface area contributed by atoms with Gasteiger partial charge < -0.3 is 15.5 Å². The van der Waals surface area contributed by atoms with Crippen molar-refractivity contribution in [2.45, 2.75) is 26.9 Å². The molecule has 1 aromatic heterocycles. The summed E-state index contributed by atoms with van der Waals surface area (Å²) >= 11 is 0. The van der Waals surface area contributed by atoms with Gasteiger partial charge in [0.25, 0.3) is 0 Å². The van der Waals surface area contributed by atoms with Crippen LogP contribution in [0.1, 0.15) is 25.0 Å². The van der Waals surface area contributed by atoms with Crippen LogP contribution >= 0.6 is 0 Å². The molecule has 2 aromatic rings. The van der Waals surface area contributed by atoms with Gasteiger partial charge >= 0.3 is 0 Å². The molecule has 0 aliphatic carbocycles. The summed E-state index contributed by atoms with van der Waals surface area (Å²) in [5, 5.41) is 3.67. The van der Waals surface area contributed by atoms with Crippen molar-refractivity contribution in [1.29, 1.82) is 0 Å². The maximum Gasteiger partial charge on any atom is 0.220 e. The number of hydrogen-bond donors (Lipinski definition) is 1. The molecule has 0 radical (unpaired) electrons. The summed E-state index contributed by atoms with van der Waals surface area (Å²) in [6.07, 6.45) is 1.72. The van der Waals surface area contributed by atoms with E-state index in [1.54, 1.807) is 37.1 Å². The fourth-order valence-electron chi connectivity index (χ4n) is 2.67. The van der Waals surface area contributed by atoms with Gasteiger partial charge in [-0.2, -0.15) is 5.10 Å². The molecule has 0 atom stereocenters. The second-order valence-electron chi connectivity index (χ2n) is 6.20. The van der Waals surface area contributed by atoms with Crippen LogP contribution in [0.4, 0.5) is 10.1 Å². The van der Waals surface area contributed by atoms with Crippen molar-refractivity contribution in [1.82, 2.24) is 9.88 Å². The number of nitrogens with zero attached hydrogens (tertiary/aromatic N) is 4. The molecule has 0 unspecified atom stereocenters. The Hall–Kier alpha value is -3.29. The van der Waals surface area contributed by atoms with Crippen molar-refractivity contribution in [2.24, 2.45) is 15.9 Å². The number of carbonyl (C=O) groups is 1. The van der Waals surface area contributed by atoms with Crippen molar-refractivity contribution in [3.05, 3.63) is 53.5 Å². The maximum absolute atomic E-state index is 13.1. The first-order chi connectivity index (χ1) is 13.0. The molecule has 0 saturated heterocycles. The number of pyridine rings is 1. The van der Waals surface area contributed by atoms with Crippen LogP contribution in [0.3, 0.4) is 0 Å². The summed E-state index contributed by atoms with van der Waals surface area (Å²) in [5.74, 6) is 5.49. The van der Waals surface area contributed by atoms with Crippen molar-refractivity contribution >= 4 is 23.0 Å². The third-order valence-corrected chi connectivity index (χ3v) is 4.28. The number of aliphatic imine (C=N–C) groups is 1. The zero-order valence-corrected chi connectivity index (χ0v) is 15.1. The average molecular weight is 369 g/mol. The second-order valence-corrected chi connectivity index (χ2v) is 6.20. The molecule has 3 rings (SSSR count). The predicted octanol–water partition coefficient (Wildman–Crippen LogP) is 2.57. The summed E-state index contributed by atoms with van der Waals surface area (Å²) in [6, 6.07) is 7.60. The molecule has 2 heterocycles. The number of hydrogen-bond acceptors (Lipinski definition) is 6. The Morgan fingerprint density at radius 3 is 2.63 bits per heavy atom. The van der Waals surface area contributed by atoms with Gasteiger partial charge in [-0.05, 0) is 42.3 Å². The van der Waals surface area contributed by atoms with Gasteiger partial charge in [0.15, 0.2) is 0 Å². The van der Waals surface area contributed by atoms with E-state index in [9.17, 15) is 9.18 Å². The number of hydrazone groups is 1. The molecule has 0 saturated carbocycles. The zero-order valence-electron chi connectivity index (χ0n) is 15.1. The first-order valence-electron chi connectivity index (χ1n) is 8.40. The summed E-state index contributed by atoms with van der Waals surface area (Å²) < 4.78 is 18.8. The number of carbonyl (C=O) groups excluding carboxylic acids is 1. The lowest BCUT2D eigenvalue weighted by Gasteiger charge is -2.11. The molecular formula is C19H20FN5O2. The fraction of sp³-hybridized carbons (Fsp3) is 0.263. The van der Waals surface area contributed by atoms with Gasteiger partial charge in [-0.3, -0.25) is 4.79 Å². The van der Waals surface area contributed by atoms with Gasteiger partial charge in [0.2, 0.25) is 11.8 Å². The number of nitrogens with two attached hydrogens (primary N) is 1. The van der Waals surface area contributed by atoms with Crippen LogP contribution in [0.5, 0.6) is 5.88 Å². The molecule has 0 spiro atoms. The monoisotopic (exact) mass is 369 g/mol. The number of rotatable bonds is 5. The number of aromatic nitrogens is 1. The topological polar surface area (TPSA) is 93.2 Å². The number of halogens is 1. The minimum Gasteiger partial charge on any atom is -0.471 e. The Bertz CT molecular complexity index is 909. The predicted molar refractivity (Wildman–Crippen MR) is 100 cm³/mol. The Labute approximate surface area is 156 Å². The molecular weight excluding hydrogens is 349 g/mol. The SMILES string of the molecule is CC(=O)N1Cc2cnc(OCC(=Nc3ccc(F)cc3)C(C)=NN)cc2C1. The van der Waals surface area contributed by atoms with Gasteiger partial charge in [-0.1, -0.05) is 0 Å². The highest BCUT2D eigenvalue weighted by Gasteiger charge is 2.22. The lowest BCUT2D eigenvalue weighted by atomic mass is 10.2. The highest BCUT2D eigenvalue weighted by molar-refractivity contribution is 6.42. The third-order valence-electron chi connectivity index (χ3n) is 4.28. The first-order valence-corrected chi connectivity index (χ1v) is 8.40. The van der Waals surface area contributed by atoms with E-state index in [0.717, 1.165) is 11.1 Å². The number of ether oxygens (including phenoxy) is 1. The Balaban J connectivity index is 1.74. The summed E-state index contributed by atoms with van der Waals surface area (Å²) in [7, 11) is 0. The van der Waals surface area contributed by atoms with Crippen molar-refractivity contribution in [3.8, 4) is 5.88 Å². The molecule has 1 aromatic carbocycles. The van der Waals surface area contributed by atoms with Crippen LogP contribution in [0.2, 0.25) is 0 Å². The molecule has 1 amide bonds. The summed E-state index contributed by atoms with van der Waals surface area (Å²) in [4.78, 5) is 22.0. The molecule has 2 N–H and O–H groups in total. The van der Waals surface area contributed by atoms with E-state index in [-0.39, 0.29) is 18.3 Å². The highest BCUT2D eigenvalue weighted by atomic mass is 19.1. The normalized spacial score (nSPS) is 14.3. The van der Waals surface area contributed by atoms with Gasteiger partial charge in [-0.15, -0.1) is 0 Å². The summed E-state index contributed by atoms with van der Waals surface area (Å²) in [6.45, 7) is 4.47. The van der Waals surface area contributed by atoms with E-state index in [1.807, 2.05) is 6.07 Å². The number of benzene rings is 1. The van der Waals surface area contributed by atoms with E-state index in [2.05, 4.69) is 15.1 Å². The highest BCUT2D eigenvalue weighted by Crippen LogP contribution is 2.25. The lowest BCUT2D eigenvalue weighted by Crippen LogP contribution is -2.21. The fourth-order valence-corrected chi connectivity index (χ4v) is 2.67. The van der Waals surface area contributed by atoms with Crippen LogP contribution in [0, 0.1) is 5.82 Å². The molecule has 1 aliphatic heterocycles. The Morgan fingerprint density at radius 2 is 1.96 bits per heavy atom. The molecule has 7 nitrogen and oxygen atoms in total. The van der Waals surface area contributed by atoms with Gasteiger partial charge in [0.05, 0.1) is 11.4 Å². The average Bonchev–Trinajstić information content (AvgIpc) is 3.09. The van der Waals surface area contributed by atoms with Crippen LogP contribution in [-0.2, 0) is 17.9 Å². The molecule has 140 valence electrons. The minimum atomic E-state index is -0.335. The van der Waals surface area contributed by atoms with Crippen molar-refractivity contribution in [3.63, 3.8) is 0 Å². The maximum atomic E-state index is 13.1. The minimum absolute atomic E-state index is 0.0252. The second kappa shape index (κ2) is 7.94. The lowest BCUT2D eigenvalue weighted by molar-refractivity contribution is -0.129. The van der Waals surface area contributed by atoms with Crippen LogP contribution < -0.4 is 10.6 Å². The molecule has 0 bridgehead atoms. The molecule has 1 aliphatic rings. The van der Waals surface area contributed by atoms with Gasteiger partial charge in [0.1, 0.15) is 18.1 Å². The van der Waals surface area contributed by atoms with Gasteiger partial charge in [0, 0.05) is 32.3 Å². The zero-order chi connectivity index (χ0) is 19.4. The van der Waals surface area contributed by atoms with Gasteiger partial charge in [-0.25, -0.2) is 14.4 Å². The Morgan fingerprint density at radius 1 is 1.26 bits per heavy atom. The van der Waals surface area contributed by atoms with Crippen LogP contribution in [-0.4, -0.2) is 33.8 Å². The molecule has 0 fully saturated rings. The summed E-state index contributed by atoms with van der Waals surface area (Å²) in [5.41, 5.74) is 3.60. The molecule has 27 heavy (non-hydrogen) atoms. The van der Waals surface area contributed by atoms with E-state index < -0.39 is 0 Å². The van der Waals surface area contributed by atoms with E-state index in [1.165, 1.54) is 12.1 Å². The standard InChI is InChI=1S/C19H20FN5O2/c1-12(24-21)18(23-17-5-3-16(20)4-6-17)11-27-19-7-14-9-25(13(2)26)10-15(14)8-22-19/h3-8H,9-11,21H2,1-2H3.